The van der Waals surface area contributed by atoms with Crippen LogP contribution in [0.5, 0.6) is 0 Å². The van der Waals surface area contributed by atoms with Crippen LogP contribution >= 0.6 is 0 Å². The maximum Gasteiger partial charge on any atom is 0.258 e. The van der Waals surface area contributed by atoms with Gasteiger partial charge in [0.2, 0.25) is 0 Å². The van der Waals surface area contributed by atoms with E-state index in [2.05, 4.69) is 52.9 Å². The molecule has 0 radical (unpaired) electrons. The molecule has 0 unspecified atom stereocenters. The number of hydrogen-bond acceptors (Lipinski definition) is 3. The van der Waals surface area contributed by atoms with E-state index < -0.39 is 0 Å². The molecule has 1 amide bonds. The van der Waals surface area contributed by atoms with Crippen LogP contribution in [0.25, 0.3) is 11.0 Å². The van der Waals surface area contributed by atoms with E-state index in [4.69, 9.17) is 4.74 Å². The summed E-state index contributed by atoms with van der Waals surface area (Å²) in [4.78, 5) is 19.9. The van der Waals surface area contributed by atoms with E-state index in [1.54, 1.807) is 6.20 Å². The lowest BCUT2D eigenvalue weighted by atomic mass is 9.78. The lowest BCUT2D eigenvalue weighted by molar-refractivity contribution is 0.0303. The predicted octanol–water partition coefficient (Wildman–Crippen LogP) is 4.79. The fraction of sp³-hybridized carbons (Fsp3) is 0.462. The van der Waals surface area contributed by atoms with E-state index >= 15 is 0 Å². The number of nitrogens with zero attached hydrogens (tertiary/aromatic N) is 3. The molecule has 5 nitrogen and oxygen atoms in total. The van der Waals surface area contributed by atoms with Crippen molar-refractivity contribution in [2.75, 3.05) is 26.3 Å². The number of benzene rings is 1. The van der Waals surface area contributed by atoms with Crippen molar-refractivity contribution in [2.24, 2.45) is 5.92 Å². The first-order valence-corrected chi connectivity index (χ1v) is 11.6. The Morgan fingerprint density at radius 1 is 1.03 bits per heavy atom. The molecule has 31 heavy (non-hydrogen) atoms. The summed E-state index contributed by atoms with van der Waals surface area (Å²) in [6.07, 6.45) is 6.74. The largest absolute Gasteiger partial charge is 0.378 e. The Morgan fingerprint density at radius 2 is 1.77 bits per heavy atom. The van der Waals surface area contributed by atoms with Crippen LogP contribution in [0.1, 0.15) is 53.2 Å². The zero-order valence-corrected chi connectivity index (χ0v) is 18.3. The minimum Gasteiger partial charge on any atom is -0.378 e. The summed E-state index contributed by atoms with van der Waals surface area (Å²) in [7, 11) is 0. The van der Waals surface area contributed by atoms with Gasteiger partial charge in [-0.25, -0.2) is 0 Å². The second-order valence-electron chi connectivity index (χ2n) is 8.98. The minimum atomic E-state index is 0.0936. The summed E-state index contributed by atoms with van der Waals surface area (Å²) in [6, 6.07) is 15.0. The number of hydrogen-bond donors (Lipinski definition) is 0. The van der Waals surface area contributed by atoms with Gasteiger partial charge in [-0.2, -0.15) is 0 Å². The Hall–Kier alpha value is -2.66. The first-order chi connectivity index (χ1) is 15.2. The van der Waals surface area contributed by atoms with Crippen LogP contribution in [-0.4, -0.2) is 46.7 Å². The smallest absolute Gasteiger partial charge is 0.258 e. The van der Waals surface area contributed by atoms with Gasteiger partial charge in [0, 0.05) is 31.5 Å². The van der Waals surface area contributed by atoms with Crippen molar-refractivity contribution in [3.8, 4) is 0 Å². The van der Waals surface area contributed by atoms with E-state index in [1.165, 1.54) is 31.2 Å². The molecule has 1 aromatic carbocycles. The highest BCUT2D eigenvalue weighted by Crippen LogP contribution is 2.37. The molecule has 3 heterocycles. The van der Waals surface area contributed by atoms with Crippen molar-refractivity contribution in [3.63, 3.8) is 0 Å². The molecular weight excluding hydrogens is 386 g/mol. The molecule has 2 aliphatic rings. The van der Waals surface area contributed by atoms with Gasteiger partial charge in [0.05, 0.1) is 24.3 Å². The van der Waals surface area contributed by atoms with Crippen LogP contribution in [0.2, 0.25) is 0 Å². The van der Waals surface area contributed by atoms with Gasteiger partial charge >= 0.3 is 0 Å². The van der Waals surface area contributed by atoms with Gasteiger partial charge in [-0.1, -0.05) is 30.3 Å². The average molecular weight is 418 g/mol. The number of fused-ring (bicyclic) bond motifs is 1. The third kappa shape index (κ3) is 3.99. The Kier molecular flexibility index (Phi) is 5.77. The molecule has 3 aromatic rings. The number of amides is 1. The number of carbonyl (C=O) groups excluding carboxylic acids is 1. The van der Waals surface area contributed by atoms with Gasteiger partial charge in [-0.05, 0) is 62.1 Å². The van der Waals surface area contributed by atoms with Gasteiger partial charge < -0.3 is 14.2 Å². The van der Waals surface area contributed by atoms with Crippen molar-refractivity contribution < 1.29 is 9.53 Å². The monoisotopic (exact) mass is 417 g/mol. The minimum absolute atomic E-state index is 0.0936. The highest BCUT2D eigenvalue weighted by Gasteiger charge is 2.28. The first-order valence-electron chi connectivity index (χ1n) is 11.6. The molecule has 1 aliphatic heterocycles. The molecule has 5 rings (SSSR count). The van der Waals surface area contributed by atoms with Crippen LogP contribution in [0.15, 0.2) is 48.7 Å². The standard InChI is InChI=1S/C26H31N3O2/c1-19-24(26(30)28-14-16-31-17-15-28)25-23(8-5-13-27-25)29(19)18-20-9-11-22(12-10-20)21-6-3-2-4-7-21/h2-8,13,20,22H,9-12,14-18H2,1H3. The predicted molar refractivity (Wildman–Crippen MR) is 122 cm³/mol. The highest BCUT2D eigenvalue weighted by molar-refractivity contribution is 6.06. The first kappa shape index (κ1) is 20.3. The third-order valence-corrected chi connectivity index (χ3v) is 7.15. The zero-order valence-electron chi connectivity index (χ0n) is 18.3. The molecular formula is C26H31N3O2. The van der Waals surface area contributed by atoms with Crippen LogP contribution in [0.3, 0.4) is 0 Å². The summed E-state index contributed by atoms with van der Waals surface area (Å²) in [5.41, 5.74) is 5.23. The van der Waals surface area contributed by atoms with Gasteiger partial charge in [0.1, 0.15) is 5.52 Å². The quantitative estimate of drug-likeness (QED) is 0.613. The van der Waals surface area contributed by atoms with E-state index in [1.807, 2.05) is 11.0 Å². The van der Waals surface area contributed by atoms with Crippen molar-refractivity contribution in [1.29, 1.82) is 0 Å². The fourth-order valence-electron chi connectivity index (χ4n) is 5.37. The van der Waals surface area contributed by atoms with E-state index in [9.17, 15) is 4.79 Å². The Bertz CT molecular complexity index is 1050. The van der Waals surface area contributed by atoms with Gasteiger partial charge in [0.25, 0.3) is 5.91 Å². The highest BCUT2D eigenvalue weighted by atomic mass is 16.5. The van der Waals surface area contributed by atoms with Gasteiger partial charge in [-0.3, -0.25) is 9.78 Å². The van der Waals surface area contributed by atoms with Crippen LogP contribution in [0, 0.1) is 12.8 Å². The maximum absolute atomic E-state index is 13.4. The molecule has 2 aromatic heterocycles. The lowest BCUT2D eigenvalue weighted by Gasteiger charge is -2.30. The van der Waals surface area contributed by atoms with Crippen LogP contribution in [0.4, 0.5) is 0 Å². The molecule has 1 saturated heterocycles. The van der Waals surface area contributed by atoms with E-state index in [-0.39, 0.29) is 5.91 Å². The summed E-state index contributed by atoms with van der Waals surface area (Å²) >= 11 is 0. The molecule has 0 bridgehead atoms. The Balaban J connectivity index is 1.37. The SMILES string of the molecule is Cc1c(C(=O)N2CCOCC2)c2ncccc2n1CC1CCC(c2ccccc2)CC1. The third-order valence-electron chi connectivity index (χ3n) is 7.15. The summed E-state index contributed by atoms with van der Waals surface area (Å²) in [6.45, 7) is 5.59. The summed E-state index contributed by atoms with van der Waals surface area (Å²) < 4.78 is 7.79. The van der Waals surface area contributed by atoms with E-state index in [0.29, 0.717) is 38.1 Å². The van der Waals surface area contributed by atoms with Crippen LogP contribution < -0.4 is 0 Å². The summed E-state index contributed by atoms with van der Waals surface area (Å²) in [5, 5.41) is 0. The number of rotatable bonds is 4. The molecule has 1 aliphatic carbocycles. The van der Waals surface area contributed by atoms with Crippen molar-refractivity contribution in [2.45, 2.75) is 45.1 Å². The summed E-state index contributed by atoms with van der Waals surface area (Å²) in [5.74, 6) is 1.41. The molecule has 0 N–H and O–H groups in total. The molecule has 0 spiro atoms. The fourth-order valence-corrected chi connectivity index (χ4v) is 5.37. The second kappa shape index (κ2) is 8.83. The number of pyridine rings is 1. The number of ether oxygens (including phenoxy) is 1. The molecule has 1 saturated carbocycles. The number of morpholine rings is 1. The molecule has 162 valence electrons. The van der Waals surface area contributed by atoms with Gasteiger partial charge in [-0.15, -0.1) is 0 Å². The topological polar surface area (TPSA) is 47.4 Å². The normalized spacial score (nSPS) is 22.0. The van der Waals surface area contributed by atoms with Crippen LogP contribution in [-0.2, 0) is 11.3 Å². The molecule has 5 heteroatoms. The number of aromatic nitrogens is 2. The molecule has 0 atom stereocenters. The average Bonchev–Trinajstić information content (AvgIpc) is 3.11. The zero-order chi connectivity index (χ0) is 21.2. The van der Waals surface area contributed by atoms with Crippen molar-refractivity contribution in [1.82, 2.24) is 14.5 Å². The van der Waals surface area contributed by atoms with Crippen molar-refractivity contribution in [3.05, 3.63) is 65.5 Å². The Labute approximate surface area is 184 Å². The number of carbonyl (C=O) groups is 1. The lowest BCUT2D eigenvalue weighted by Crippen LogP contribution is -2.41. The van der Waals surface area contributed by atoms with Gasteiger partial charge in [0.15, 0.2) is 0 Å². The van der Waals surface area contributed by atoms with Crippen molar-refractivity contribution >= 4 is 16.9 Å². The second-order valence-corrected chi connectivity index (χ2v) is 8.98. The maximum atomic E-state index is 13.4. The Morgan fingerprint density at radius 3 is 2.52 bits per heavy atom. The van der Waals surface area contributed by atoms with E-state index in [0.717, 1.165) is 28.8 Å². The molecule has 2 fully saturated rings.